The number of halogens is 1. The van der Waals surface area contributed by atoms with Gasteiger partial charge in [-0.15, -0.1) is 5.10 Å². The second kappa shape index (κ2) is 7.27. The first-order chi connectivity index (χ1) is 14.6. The van der Waals surface area contributed by atoms with E-state index in [0.717, 1.165) is 16.8 Å². The molecule has 1 aliphatic rings. The van der Waals surface area contributed by atoms with Gasteiger partial charge in [0.05, 0.1) is 21.6 Å². The third kappa shape index (κ3) is 3.09. The van der Waals surface area contributed by atoms with Crippen molar-refractivity contribution in [3.63, 3.8) is 0 Å². The zero-order valence-corrected chi connectivity index (χ0v) is 16.7. The van der Waals surface area contributed by atoms with Crippen LogP contribution < -0.4 is 5.56 Å². The van der Waals surface area contributed by atoms with Gasteiger partial charge in [-0.2, -0.15) is 5.11 Å². The summed E-state index contributed by atoms with van der Waals surface area (Å²) >= 11 is 5.99. The number of aromatic nitrogens is 3. The maximum Gasteiger partial charge on any atom is 0.267 e. The molecule has 0 amide bonds. The van der Waals surface area contributed by atoms with Crippen molar-refractivity contribution in [2.45, 2.75) is 13.0 Å². The Morgan fingerprint density at radius 3 is 2.50 bits per heavy atom. The summed E-state index contributed by atoms with van der Waals surface area (Å²) in [5, 5.41) is 12.9. The van der Waals surface area contributed by atoms with Crippen molar-refractivity contribution in [2.24, 2.45) is 15.4 Å². The first-order valence-corrected chi connectivity index (χ1v) is 9.68. The monoisotopic (exact) mass is 414 g/mol. The summed E-state index contributed by atoms with van der Waals surface area (Å²) in [6.07, 6.45) is 1.51. The van der Waals surface area contributed by atoms with E-state index in [1.54, 1.807) is 18.2 Å². The molecule has 7 nitrogen and oxygen atoms in total. The van der Waals surface area contributed by atoms with Gasteiger partial charge in [0.1, 0.15) is 17.7 Å². The maximum absolute atomic E-state index is 13.3. The zero-order chi connectivity index (χ0) is 20.7. The summed E-state index contributed by atoms with van der Waals surface area (Å²) < 4.78 is 1.51. The maximum atomic E-state index is 13.3. The molecule has 8 heteroatoms. The van der Waals surface area contributed by atoms with Gasteiger partial charge < -0.3 is 0 Å². The molecule has 5 rings (SSSR count). The number of nitrogens with zero attached hydrogens (tertiary/aromatic N) is 6. The predicted octanol–water partition coefficient (Wildman–Crippen LogP) is 4.98. The fraction of sp³-hybridized carbons (Fsp3) is 0.0909. The second-order valence-corrected chi connectivity index (χ2v) is 7.34. The van der Waals surface area contributed by atoms with Gasteiger partial charge in [-0.25, -0.2) is 14.5 Å². The Bertz CT molecular complexity index is 1370. The van der Waals surface area contributed by atoms with Crippen LogP contribution in [0.1, 0.15) is 18.5 Å². The quantitative estimate of drug-likeness (QED) is 0.473. The van der Waals surface area contributed by atoms with Crippen LogP contribution in [0.2, 0.25) is 5.02 Å². The third-order valence-electron chi connectivity index (χ3n) is 4.97. The summed E-state index contributed by atoms with van der Waals surface area (Å²) in [7, 11) is 0. The van der Waals surface area contributed by atoms with Crippen molar-refractivity contribution in [2.75, 3.05) is 0 Å². The normalized spacial score (nSPS) is 15.5. The molecule has 2 aromatic heterocycles. The minimum atomic E-state index is -0.193. The minimum Gasteiger partial charge on any atom is -0.268 e. The highest BCUT2D eigenvalue weighted by Crippen LogP contribution is 2.27. The number of hydrogen-bond acceptors (Lipinski definition) is 6. The first kappa shape index (κ1) is 18.3. The largest absolute Gasteiger partial charge is 0.268 e. The minimum absolute atomic E-state index is 0.177. The van der Waals surface area contributed by atoms with Gasteiger partial charge in [-0.1, -0.05) is 48.0 Å². The highest BCUT2D eigenvalue weighted by atomic mass is 35.5. The van der Waals surface area contributed by atoms with Crippen molar-refractivity contribution in [3.8, 4) is 17.2 Å². The summed E-state index contributed by atoms with van der Waals surface area (Å²) in [4.78, 5) is 22.4. The van der Waals surface area contributed by atoms with Crippen LogP contribution in [0.15, 0.2) is 87.1 Å². The number of benzene rings is 2. The highest BCUT2D eigenvalue weighted by Gasteiger charge is 2.19. The van der Waals surface area contributed by atoms with Crippen LogP contribution in [0.5, 0.6) is 0 Å². The summed E-state index contributed by atoms with van der Waals surface area (Å²) in [6, 6.07) is 18.2. The Morgan fingerprint density at radius 1 is 1.00 bits per heavy atom. The van der Waals surface area contributed by atoms with Gasteiger partial charge in [-0.3, -0.25) is 4.79 Å². The van der Waals surface area contributed by atoms with Crippen molar-refractivity contribution in [1.29, 1.82) is 0 Å². The Kier molecular flexibility index (Phi) is 4.44. The van der Waals surface area contributed by atoms with Gasteiger partial charge >= 0.3 is 0 Å². The van der Waals surface area contributed by atoms with Gasteiger partial charge in [-0.05, 0) is 42.0 Å². The lowest BCUT2D eigenvalue weighted by molar-refractivity contribution is 0.898. The number of hydrogen-bond donors (Lipinski definition) is 0. The van der Waals surface area contributed by atoms with Crippen molar-refractivity contribution in [3.05, 3.63) is 87.8 Å². The molecule has 30 heavy (non-hydrogen) atoms. The Hall–Kier alpha value is -3.71. The lowest BCUT2D eigenvalue weighted by atomic mass is 10.0. The fourth-order valence-corrected chi connectivity index (χ4v) is 3.56. The lowest BCUT2D eigenvalue weighted by Gasteiger charge is -2.14. The van der Waals surface area contributed by atoms with E-state index >= 15 is 0 Å². The van der Waals surface area contributed by atoms with E-state index < -0.39 is 0 Å². The van der Waals surface area contributed by atoms with Crippen LogP contribution in [0.3, 0.4) is 0 Å². The van der Waals surface area contributed by atoms with Crippen molar-refractivity contribution < 1.29 is 0 Å². The standard InChI is InChI=1S/C22H15ClN6O/c1-13-20(27-28-26-13)14-6-8-15(9-7-14)21-25-18-5-3-2-4-17(18)22(30)29(21)19-11-10-16(23)12-24-19/h2-12,20H,1H3. The molecule has 0 fully saturated rings. The second-order valence-electron chi connectivity index (χ2n) is 6.90. The Balaban J connectivity index is 1.71. The van der Waals surface area contributed by atoms with Gasteiger partial charge in [0.25, 0.3) is 5.56 Å². The molecule has 4 aromatic rings. The van der Waals surface area contributed by atoms with Crippen LogP contribution >= 0.6 is 11.6 Å². The van der Waals surface area contributed by atoms with E-state index in [1.807, 2.05) is 49.4 Å². The fourth-order valence-electron chi connectivity index (χ4n) is 3.45. The van der Waals surface area contributed by atoms with Crippen LogP contribution in [-0.4, -0.2) is 20.2 Å². The number of para-hydroxylation sites is 1. The van der Waals surface area contributed by atoms with Crippen LogP contribution in [0.4, 0.5) is 0 Å². The van der Waals surface area contributed by atoms with Crippen LogP contribution in [-0.2, 0) is 0 Å². The Morgan fingerprint density at radius 2 is 1.80 bits per heavy atom. The van der Waals surface area contributed by atoms with E-state index in [9.17, 15) is 4.79 Å². The van der Waals surface area contributed by atoms with E-state index in [2.05, 4.69) is 20.4 Å². The molecular formula is C22H15ClN6O. The molecule has 0 aliphatic carbocycles. The first-order valence-electron chi connectivity index (χ1n) is 9.30. The van der Waals surface area contributed by atoms with E-state index in [4.69, 9.17) is 16.6 Å². The van der Waals surface area contributed by atoms with Crippen LogP contribution in [0.25, 0.3) is 28.1 Å². The molecule has 1 aliphatic heterocycles. The van der Waals surface area contributed by atoms with Crippen LogP contribution in [0, 0.1) is 0 Å². The summed E-state index contributed by atoms with van der Waals surface area (Å²) in [6.45, 7) is 1.90. The molecule has 0 spiro atoms. The molecule has 0 bridgehead atoms. The highest BCUT2D eigenvalue weighted by molar-refractivity contribution is 6.30. The zero-order valence-electron chi connectivity index (χ0n) is 15.9. The van der Waals surface area contributed by atoms with Gasteiger partial charge in [0.2, 0.25) is 0 Å². The summed E-state index contributed by atoms with van der Waals surface area (Å²) in [5.74, 6) is 0.952. The molecule has 0 radical (unpaired) electrons. The number of fused-ring (bicyclic) bond motifs is 1. The lowest BCUT2D eigenvalue weighted by Crippen LogP contribution is -2.22. The molecule has 2 aromatic carbocycles. The number of rotatable bonds is 3. The van der Waals surface area contributed by atoms with Crippen molar-refractivity contribution >= 4 is 28.2 Å². The average molecular weight is 415 g/mol. The van der Waals surface area contributed by atoms with Gasteiger partial charge in [0.15, 0.2) is 0 Å². The van der Waals surface area contributed by atoms with E-state index in [0.29, 0.717) is 27.6 Å². The van der Waals surface area contributed by atoms with Gasteiger partial charge in [0, 0.05) is 11.8 Å². The third-order valence-corrected chi connectivity index (χ3v) is 5.19. The molecule has 0 saturated heterocycles. The smallest absolute Gasteiger partial charge is 0.267 e. The topological polar surface area (TPSA) is 84.9 Å². The average Bonchev–Trinajstić information content (AvgIpc) is 3.20. The van der Waals surface area contributed by atoms with E-state index in [1.165, 1.54) is 10.8 Å². The molecule has 3 heterocycles. The molecule has 0 N–H and O–H groups in total. The molecular weight excluding hydrogens is 400 g/mol. The SMILES string of the molecule is CC1=NN=NC1c1ccc(-c2nc3ccccc3c(=O)n2-c2ccc(Cl)cn2)cc1. The predicted molar refractivity (Wildman–Crippen MR) is 116 cm³/mol. The number of pyridine rings is 1. The molecule has 1 atom stereocenters. The molecule has 0 saturated carbocycles. The molecule has 146 valence electrons. The summed E-state index contributed by atoms with van der Waals surface area (Å²) in [5.41, 5.74) is 3.03. The van der Waals surface area contributed by atoms with Crippen molar-refractivity contribution in [1.82, 2.24) is 14.5 Å². The Labute approximate surface area is 176 Å². The van der Waals surface area contributed by atoms with E-state index in [-0.39, 0.29) is 11.6 Å². The molecule has 1 unspecified atom stereocenters.